The minimum atomic E-state index is -0.362. The summed E-state index contributed by atoms with van der Waals surface area (Å²) in [6, 6.07) is 4.94. The molecule has 0 radical (unpaired) electrons. The number of rotatable bonds is 4. The molecule has 0 atom stereocenters. The van der Waals surface area contributed by atoms with Gasteiger partial charge in [0.15, 0.2) is 0 Å². The second kappa shape index (κ2) is 6.23. The van der Waals surface area contributed by atoms with Gasteiger partial charge in [0, 0.05) is 18.0 Å². The van der Waals surface area contributed by atoms with Gasteiger partial charge in [-0.25, -0.2) is 4.39 Å². The predicted molar refractivity (Wildman–Crippen MR) is 74.8 cm³/mol. The van der Waals surface area contributed by atoms with E-state index < -0.39 is 0 Å². The summed E-state index contributed by atoms with van der Waals surface area (Å²) in [7, 11) is 0. The first-order chi connectivity index (χ1) is 8.65. The molecule has 0 spiro atoms. The van der Waals surface area contributed by atoms with E-state index in [9.17, 15) is 4.39 Å². The van der Waals surface area contributed by atoms with Gasteiger partial charge in [-0.3, -0.25) is 0 Å². The minimum Gasteiger partial charge on any atom is -0.306 e. The van der Waals surface area contributed by atoms with Gasteiger partial charge in [-0.15, -0.1) is 11.6 Å². The van der Waals surface area contributed by atoms with Crippen molar-refractivity contribution in [3.8, 4) is 0 Å². The highest BCUT2D eigenvalue weighted by Gasteiger charge is 2.30. The molecule has 0 aromatic heterocycles. The summed E-state index contributed by atoms with van der Waals surface area (Å²) >= 11 is 11.8. The summed E-state index contributed by atoms with van der Waals surface area (Å²) in [4.78, 5) is 0. The van der Waals surface area contributed by atoms with E-state index in [2.05, 4.69) is 5.32 Å². The molecule has 1 saturated carbocycles. The van der Waals surface area contributed by atoms with E-state index in [-0.39, 0.29) is 16.4 Å². The van der Waals surface area contributed by atoms with Gasteiger partial charge in [0.05, 0.1) is 5.02 Å². The SMILES string of the molecule is Fc1cc(CNC2(CCl)CCCCC2)ccc1Cl. The van der Waals surface area contributed by atoms with E-state index in [1.54, 1.807) is 6.07 Å². The predicted octanol–water partition coefficient (Wildman–Crippen LogP) is 4.51. The molecule has 1 aromatic carbocycles. The Hall–Kier alpha value is -0.310. The fourth-order valence-electron chi connectivity index (χ4n) is 2.53. The Bertz CT molecular complexity index is 403. The van der Waals surface area contributed by atoms with Gasteiger partial charge in [-0.1, -0.05) is 36.9 Å². The third kappa shape index (κ3) is 3.37. The zero-order valence-electron chi connectivity index (χ0n) is 10.3. The molecule has 1 aliphatic rings. The van der Waals surface area contributed by atoms with Crippen LogP contribution in [-0.2, 0) is 6.54 Å². The molecule has 1 fully saturated rings. The van der Waals surface area contributed by atoms with Gasteiger partial charge in [0.2, 0.25) is 0 Å². The second-order valence-electron chi connectivity index (χ2n) is 5.08. The van der Waals surface area contributed by atoms with Crippen LogP contribution in [0.2, 0.25) is 5.02 Å². The van der Waals surface area contributed by atoms with E-state index >= 15 is 0 Å². The van der Waals surface area contributed by atoms with Gasteiger partial charge in [-0.2, -0.15) is 0 Å². The summed E-state index contributed by atoms with van der Waals surface area (Å²) in [5.41, 5.74) is 0.933. The van der Waals surface area contributed by atoms with Crippen LogP contribution in [-0.4, -0.2) is 11.4 Å². The van der Waals surface area contributed by atoms with Crippen molar-refractivity contribution in [2.24, 2.45) is 0 Å². The Morgan fingerprint density at radius 2 is 1.94 bits per heavy atom. The molecule has 0 saturated heterocycles. The molecule has 2 rings (SSSR count). The van der Waals surface area contributed by atoms with Crippen LogP contribution >= 0.6 is 23.2 Å². The largest absolute Gasteiger partial charge is 0.306 e. The van der Waals surface area contributed by atoms with Crippen LogP contribution in [0.1, 0.15) is 37.7 Å². The molecule has 0 heterocycles. The molecule has 1 N–H and O–H groups in total. The lowest BCUT2D eigenvalue weighted by Crippen LogP contribution is -2.48. The first-order valence-electron chi connectivity index (χ1n) is 6.40. The Balaban J connectivity index is 1.98. The van der Waals surface area contributed by atoms with Crippen LogP contribution in [0.4, 0.5) is 4.39 Å². The Kier molecular flexibility index (Phi) is 4.88. The molecule has 0 amide bonds. The summed E-state index contributed by atoms with van der Waals surface area (Å²) in [5.74, 6) is 0.253. The quantitative estimate of drug-likeness (QED) is 0.804. The average Bonchev–Trinajstić information content (AvgIpc) is 2.41. The molecule has 1 aromatic rings. The zero-order valence-corrected chi connectivity index (χ0v) is 11.8. The number of nitrogens with one attached hydrogen (secondary N) is 1. The molecule has 1 aliphatic carbocycles. The van der Waals surface area contributed by atoms with Crippen molar-refractivity contribution >= 4 is 23.2 Å². The maximum Gasteiger partial charge on any atom is 0.142 e. The normalized spacial score (nSPS) is 18.8. The molecule has 100 valence electrons. The van der Waals surface area contributed by atoms with Gasteiger partial charge in [0.1, 0.15) is 5.82 Å². The lowest BCUT2D eigenvalue weighted by molar-refractivity contribution is 0.256. The van der Waals surface area contributed by atoms with Gasteiger partial charge in [0.25, 0.3) is 0 Å². The summed E-state index contributed by atoms with van der Waals surface area (Å²) in [5, 5.41) is 3.68. The fourth-order valence-corrected chi connectivity index (χ4v) is 3.00. The second-order valence-corrected chi connectivity index (χ2v) is 5.75. The van der Waals surface area contributed by atoms with Gasteiger partial charge < -0.3 is 5.32 Å². The van der Waals surface area contributed by atoms with Crippen molar-refractivity contribution in [1.29, 1.82) is 0 Å². The number of hydrogen-bond donors (Lipinski definition) is 1. The third-order valence-electron chi connectivity index (χ3n) is 3.72. The third-order valence-corrected chi connectivity index (χ3v) is 4.54. The number of alkyl halides is 1. The number of halogens is 3. The van der Waals surface area contributed by atoms with Crippen molar-refractivity contribution in [3.63, 3.8) is 0 Å². The van der Waals surface area contributed by atoms with Crippen molar-refractivity contribution in [1.82, 2.24) is 5.32 Å². The minimum absolute atomic E-state index is 0.0237. The lowest BCUT2D eigenvalue weighted by Gasteiger charge is -2.36. The first kappa shape index (κ1) is 14.1. The van der Waals surface area contributed by atoms with E-state index in [1.807, 2.05) is 6.07 Å². The first-order valence-corrected chi connectivity index (χ1v) is 7.31. The van der Waals surface area contributed by atoms with E-state index in [0.29, 0.717) is 12.4 Å². The summed E-state index contributed by atoms with van der Waals surface area (Å²) < 4.78 is 13.3. The summed E-state index contributed by atoms with van der Waals surface area (Å²) in [6.07, 6.45) is 5.93. The van der Waals surface area contributed by atoms with Crippen LogP contribution in [0.5, 0.6) is 0 Å². The topological polar surface area (TPSA) is 12.0 Å². The maximum atomic E-state index is 13.3. The van der Waals surface area contributed by atoms with Crippen molar-refractivity contribution in [3.05, 3.63) is 34.6 Å². The standard InChI is InChI=1S/C14H18Cl2FN/c15-10-14(6-2-1-3-7-14)18-9-11-4-5-12(16)13(17)8-11/h4-5,8,18H,1-3,6-7,9-10H2. The van der Waals surface area contributed by atoms with Crippen LogP contribution in [0.3, 0.4) is 0 Å². The van der Waals surface area contributed by atoms with Crippen LogP contribution in [0.25, 0.3) is 0 Å². The van der Waals surface area contributed by atoms with Gasteiger partial charge in [-0.05, 0) is 30.5 Å². The smallest absolute Gasteiger partial charge is 0.142 e. The number of benzene rings is 1. The molecule has 0 bridgehead atoms. The highest BCUT2D eigenvalue weighted by molar-refractivity contribution is 6.30. The average molecular weight is 290 g/mol. The molecule has 0 aliphatic heterocycles. The highest BCUT2D eigenvalue weighted by Crippen LogP contribution is 2.29. The van der Waals surface area contributed by atoms with Crippen molar-refractivity contribution in [2.75, 3.05) is 5.88 Å². The van der Waals surface area contributed by atoms with Crippen LogP contribution in [0.15, 0.2) is 18.2 Å². The van der Waals surface area contributed by atoms with Gasteiger partial charge >= 0.3 is 0 Å². The number of hydrogen-bond acceptors (Lipinski definition) is 1. The zero-order chi connectivity index (χ0) is 13.0. The van der Waals surface area contributed by atoms with E-state index in [4.69, 9.17) is 23.2 Å². The Morgan fingerprint density at radius 1 is 1.22 bits per heavy atom. The summed E-state index contributed by atoms with van der Waals surface area (Å²) in [6.45, 7) is 0.640. The molecule has 1 nitrogen and oxygen atoms in total. The Labute approximate surface area is 118 Å². The molecule has 18 heavy (non-hydrogen) atoms. The highest BCUT2D eigenvalue weighted by atomic mass is 35.5. The molecular weight excluding hydrogens is 272 g/mol. The fraction of sp³-hybridized carbons (Fsp3) is 0.571. The van der Waals surface area contributed by atoms with Crippen LogP contribution < -0.4 is 5.32 Å². The van der Waals surface area contributed by atoms with Crippen molar-refractivity contribution in [2.45, 2.75) is 44.2 Å². The van der Waals surface area contributed by atoms with Crippen LogP contribution in [0, 0.1) is 5.82 Å². The monoisotopic (exact) mass is 289 g/mol. The molecular formula is C14H18Cl2FN. The van der Waals surface area contributed by atoms with Crippen molar-refractivity contribution < 1.29 is 4.39 Å². The Morgan fingerprint density at radius 3 is 2.56 bits per heavy atom. The van der Waals surface area contributed by atoms with E-state index in [0.717, 1.165) is 18.4 Å². The lowest BCUT2D eigenvalue weighted by atomic mass is 9.83. The maximum absolute atomic E-state index is 13.3. The molecule has 4 heteroatoms. The van der Waals surface area contributed by atoms with E-state index in [1.165, 1.54) is 25.3 Å². The molecule has 0 unspecified atom stereocenters.